The molecule has 5 heteroatoms. The number of nitrogens with zero attached hydrogens (tertiary/aromatic N) is 1. The zero-order valence-corrected chi connectivity index (χ0v) is 14.8. The number of carbonyl (C=O) groups is 1. The first-order valence-corrected chi connectivity index (χ1v) is 9.14. The fourth-order valence-electron chi connectivity index (χ4n) is 3.09. The standard InChI is InChI=1S/C19H31N3O2/c1-16(22-12-3-2-4-13-22)17-7-5-8-18(15-17)24-14-6-11-21-19(23)9-10-20/h5,7-8,15-16H,2-4,6,9-14,20H2,1H3,(H,21,23). The third-order valence-corrected chi connectivity index (χ3v) is 4.56. The predicted molar refractivity (Wildman–Crippen MR) is 97.1 cm³/mol. The van der Waals surface area contributed by atoms with Crippen molar-refractivity contribution in [2.24, 2.45) is 5.73 Å². The van der Waals surface area contributed by atoms with E-state index in [1.54, 1.807) is 0 Å². The topological polar surface area (TPSA) is 67.6 Å². The molecule has 1 heterocycles. The number of nitrogens with one attached hydrogen (secondary N) is 1. The number of carbonyl (C=O) groups excluding carboxylic acids is 1. The minimum absolute atomic E-state index is 0.00912. The van der Waals surface area contributed by atoms with E-state index >= 15 is 0 Å². The quantitative estimate of drug-likeness (QED) is 0.681. The highest BCUT2D eigenvalue weighted by molar-refractivity contribution is 5.75. The fraction of sp³-hybridized carbons (Fsp3) is 0.632. The van der Waals surface area contributed by atoms with Crippen LogP contribution in [0, 0.1) is 0 Å². The Kier molecular flexibility index (Phi) is 8.05. The summed E-state index contributed by atoms with van der Waals surface area (Å²) in [6.45, 7) is 6.28. The molecule has 1 aromatic carbocycles. The smallest absolute Gasteiger partial charge is 0.221 e. The SMILES string of the molecule is CC(c1cccc(OCCCNC(=O)CCN)c1)N1CCCCC1. The van der Waals surface area contributed by atoms with Crippen LogP contribution in [0.5, 0.6) is 5.75 Å². The number of nitrogens with two attached hydrogens (primary N) is 1. The molecule has 2 rings (SSSR count). The summed E-state index contributed by atoms with van der Waals surface area (Å²) >= 11 is 0. The van der Waals surface area contributed by atoms with Crippen LogP contribution in [0.25, 0.3) is 0 Å². The van der Waals surface area contributed by atoms with Gasteiger partial charge in [0.25, 0.3) is 0 Å². The van der Waals surface area contributed by atoms with E-state index in [9.17, 15) is 4.79 Å². The second kappa shape index (κ2) is 10.3. The van der Waals surface area contributed by atoms with E-state index in [0.717, 1.165) is 12.2 Å². The van der Waals surface area contributed by atoms with Crippen LogP contribution in [-0.4, -0.2) is 43.6 Å². The van der Waals surface area contributed by atoms with Crippen molar-refractivity contribution in [3.8, 4) is 5.75 Å². The molecule has 0 bridgehead atoms. The predicted octanol–water partition coefficient (Wildman–Crippen LogP) is 2.47. The molecule has 0 aromatic heterocycles. The van der Waals surface area contributed by atoms with E-state index in [2.05, 4.69) is 35.3 Å². The molecule has 134 valence electrons. The van der Waals surface area contributed by atoms with Crippen LogP contribution in [0.1, 0.15) is 50.6 Å². The summed E-state index contributed by atoms with van der Waals surface area (Å²) in [6, 6.07) is 8.82. The van der Waals surface area contributed by atoms with E-state index in [1.165, 1.54) is 37.9 Å². The molecule has 1 amide bonds. The average molecular weight is 333 g/mol. The lowest BCUT2D eigenvalue weighted by molar-refractivity contribution is -0.120. The lowest BCUT2D eigenvalue weighted by Crippen LogP contribution is -2.32. The minimum Gasteiger partial charge on any atom is -0.494 e. The van der Waals surface area contributed by atoms with Crippen molar-refractivity contribution in [1.82, 2.24) is 10.2 Å². The van der Waals surface area contributed by atoms with Gasteiger partial charge >= 0.3 is 0 Å². The van der Waals surface area contributed by atoms with Gasteiger partial charge in [-0.1, -0.05) is 18.6 Å². The Morgan fingerprint density at radius 2 is 2.12 bits per heavy atom. The van der Waals surface area contributed by atoms with Gasteiger partial charge < -0.3 is 15.8 Å². The average Bonchev–Trinajstić information content (AvgIpc) is 2.62. The van der Waals surface area contributed by atoms with Gasteiger partial charge in [-0.3, -0.25) is 9.69 Å². The zero-order valence-electron chi connectivity index (χ0n) is 14.8. The highest BCUT2D eigenvalue weighted by Crippen LogP contribution is 2.26. The van der Waals surface area contributed by atoms with E-state index < -0.39 is 0 Å². The van der Waals surface area contributed by atoms with E-state index in [4.69, 9.17) is 10.5 Å². The maximum Gasteiger partial charge on any atom is 0.221 e. The van der Waals surface area contributed by atoms with Crippen LogP contribution in [0.3, 0.4) is 0 Å². The van der Waals surface area contributed by atoms with Gasteiger partial charge in [-0.15, -0.1) is 0 Å². The number of rotatable bonds is 9. The molecule has 0 spiro atoms. The first-order valence-electron chi connectivity index (χ1n) is 9.14. The monoisotopic (exact) mass is 333 g/mol. The molecular formula is C19H31N3O2. The van der Waals surface area contributed by atoms with Crippen LogP contribution < -0.4 is 15.8 Å². The summed E-state index contributed by atoms with van der Waals surface area (Å²) in [5, 5.41) is 2.84. The van der Waals surface area contributed by atoms with Gasteiger partial charge in [0.05, 0.1) is 6.61 Å². The highest BCUT2D eigenvalue weighted by Gasteiger charge is 2.18. The molecule has 1 unspecified atom stereocenters. The summed E-state index contributed by atoms with van der Waals surface area (Å²) in [7, 11) is 0. The van der Waals surface area contributed by atoms with Gasteiger partial charge in [-0.2, -0.15) is 0 Å². The lowest BCUT2D eigenvalue weighted by Gasteiger charge is -2.32. The van der Waals surface area contributed by atoms with Gasteiger partial charge in [-0.25, -0.2) is 0 Å². The number of amides is 1. The number of hydrogen-bond acceptors (Lipinski definition) is 4. The summed E-state index contributed by atoms with van der Waals surface area (Å²) in [5.41, 5.74) is 6.65. The Morgan fingerprint density at radius 3 is 2.88 bits per heavy atom. The molecule has 3 N–H and O–H groups in total. The molecule has 0 saturated carbocycles. The largest absolute Gasteiger partial charge is 0.494 e. The minimum atomic E-state index is 0.00912. The molecule has 1 saturated heterocycles. The molecule has 0 aliphatic carbocycles. The lowest BCUT2D eigenvalue weighted by atomic mass is 10.0. The second-order valence-corrected chi connectivity index (χ2v) is 6.44. The Morgan fingerprint density at radius 1 is 1.33 bits per heavy atom. The summed E-state index contributed by atoms with van der Waals surface area (Å²) in [5.74, 6) is 0.916. The third kappa shape index (κ3) is 6.13. The number of likely N-dealkylation sites (tertiary alicyclic amines) is 1. The van der Waals surface area contributed by atoms with Crippen LogP contribution in [-0.2, 0) is 4.79 Å². The normalized spacial score (nSPS) is 16.6. The summed E-state index contributed by atoms with van der Waals surface area (Å²) < 4.78 is 5.83. The first-order chi connectivity index (χ1) is 11.7. The Hall–Kier alpha value is -1.59. The molecule has 1 aromatic rings. The molecule has 5 nitrogen and oxygen atoms in total. The van der Waals surface area contributed by atoms with E-state index in [0.29, 0.717) is 32.2 Å². The van der Waals surface area contributed by atoms with Crippen molar-refractivity contribution in [1.29, 1.82) is 0 Å². The van der Waals surface area contributed by atoms with Crippen molar-refractivity contribution in [2.75, 3.05) is 32.8 Å². The highest BCUT2D eigenvalue weighted by atomic mass is 16.5. The molecular weight excluding hydrogens is 302 g/mol. The molecule has 1 aliphatic rings. The number of piperidine rings is 1. The van der Waals surface area contributed by atoms with Crippen molar-refractivity contribution in [3.63, 3.8) is 0 Å². The van der Waals surface area contributed by atoms with Gasteiger partial charge in [0.2, 0.25) is 5.91 Å². The maximum absolute atomic E-state index is 11.3. The number of hydrogen-bond donors (Lipinski definition) is 2. The van der Waals surface area contributed by atoms with Crippen molar-refractivity contribution < 1.29 is 9.53 Å². The number of ether oxygens (including phenoxy) is 1. The molecule has 1 atom stereocenters. The van der Waals surface area contributed by atoms with Crippen LogP contribution in [0.15, 0.2) is 24.3 Å². The Labute approximate surface area is 145 Å². The fourth-order valence-corrected chi connectivity index (χ4v) is 3.09. The molecule has 1 aliphatic heterocycles. The van der Waals surface area contributed by atoms with Gasteiger partial charge in [-0.05, 0) is 57.0 Å². The first kappa shape index (κ1) is 18.7. The number of benzene rings is 1. The van der Waals surface area contributed by atoms with Crippen LogP contribution in [0.4, 0.5) is 0 Å². The molecule has 24 heavy (non-hydrogen) atoms. The second-order valence-electron chi connectivity index (χ2n) is 6.44. The van der Waals surface area contributed by atoms with Crippen LogP contribution >= 0.6 is 0 Å². The van der Waals surface area contributed by atoms with Crippen molar-refractivity contribution >= 4 is 5.91 Å². The van der Waals surface area contributed by atoms with Crippen LogP contribution in [0.2, 0.25) is 0 Å². The van der Waals surface area contributed by atoms with Gasteiger partial charge in [0.1, 0.15) is 5.75 Å². The van der Waals surface area contributed by atoms with E-state index in [-0.39, 0.29) is 5.91 Å². The third-order valence-electron chi connectivity index (χ3n) is 4.56. The van der Waals surface area contributed by atoms with E-state index in [1.807, 2.05) is 6.07 Å². The Bertz CT molecular complexity index is 501. The molecule has 1 fully saturated rings. The van der Waals surface area contributed by atoms with Gasteiger partial charge in [0.15, 0.2) is 0 Å². The molecule has 0 radical (unpaired) electrons. The Balaban J connectivity index is 1.74. The van der Waals surface area contributed by atoms with Gasteiger partial charge in [0, 0.05) is 25.6 Å². The maximum atomic E-state index is 11.3. The van der Waals surface area contributed by atoms with Crippen molar-refractivity contribution in [2.45, 2.75) is 45.1 Å². The summed E-state index contributed by atoms with van der Waals surface area (Å²) in [6.07, 6.45) is 5.14. The summed E-state index contributed by atoms with van der Waals surface area (Å²) in [4.78, 5) is 13.9. The zero-order chi connectivity index (χ0) is 17.2. The van der Waals surface area contributed by atoms with Crippen molar-refractivity contribution in [3.05, 3.63) is 29.8 Å².